The number of aliphatic carboxylic acids is 1. The number of carbonyl (C=O) groups is 1. The second-order valence-electron chi connectivity index (χ2n) is 4.28. The molecule has 0 aliphatic heterocycles. The highest BCUT2D eigenvalue weighted by Gasteiger charge is 2.21. The van der Waals surface area contributed by atoms with Crippen LogP contribution in [0, 0.1) is 11.7 Å². The molecule has 1 rings (SSSR count). The van der Waals surface area contributed by atoms with Gasteiger partial charge in [0.15, 0.2) is 0 Å². The third kappa shape index (κ3) is 3.57. The molecular formula is C12H14Cl2FNO2. The van der Waals surface area contributed by atoms with Crippen LogP contribution in [0.1, 0.15) is 19.4 Å². The monoisotopic (exact) mass is 293 g/mol. The first-order chi connectivity index (χ1) is 8.34. The van der Waals surface area contributed by atoms with Crippen LogP contribution in [-0.2, 0) is 11.3 Å². The van der Waals surface area contributed by atoms with Crippen LogP contribution in [0.25, 0.3) is 0 Å². The Bertz CT molecular complexity index is 452. The molecule has 0 saturated heterocycles. The Kier molecular flexibility index (Phi) is 5.38. The van der Waals surface area contributed by atoms with Crippen LogP contribution in [0.4, 0.5) is 4.39 Å². The number of carboxylic acids is 1. The van der Waals surface area contributed by atoms with E-state index in [1.165, 1.54) is 12.1 Å². The van der Waals surface area contributed by atoms with E-state index in [2.05, 4.69) is 5.32 Å². The second-order valence-corrected chi connectivity index (χ2v) is 5.03. The number of hydrogen-bond acceptors (Lipinski definition) is 2. The molecule has 0 amide bonds. The number of rotatable bonds is 5. The summed E-state index contributed by atoms with van der Waals surface area (Å²) in [7, 11) is 0. The first-order valence-corrected chi connectivity index (χ1v) is 6.18. The molecule has 1 atom stereocenters. The molecule has 3 nitrogen and oxygen atoms in total. The molecule has 0 bridgehead atoms. The number of benzene rings is 1. The minimum Gasteiger partial charge on any atom is -0.480 e. The van der Waals surface area contributed by atoms with Gasteiger partial charge in [0.05, 0.1) is 10.0 Å². The van der Waals surface area contributed by atoms with Crippen molar-refractivity contribution in [2.75, 3.05) is 0 Å². The molecule has 0 unspecified atom stereocenters. The molecule has 0 aliphatic rings. The van der Waals surface area contributed by atoms with E-state index in [4.69, 9.17) is 28.3 Å². The van der Waals surface area contributed by atoms with Crippen molar-refractivity contribution in [3.8, 4) is 0 Å². The van der Waals surface area contributed by atoms with E-state index in [1.807, 2.05) is 0 Å². The molecule has 1 aromatic carbocycles. The van der Waals surface area contributed by atoms with Crippen molar-refractivity contribution in [3.63, 3.8) is 0 Å². The third-order valence-corrected chi connectivity index (χ3v) is 3.46. The fourth-order valence-corrected chi connectivity index (χ4v) is 1.93. The van der Waals surface area contributed by atoms with Crippen molar-refractivity contribution in [3.05, 3.63) is 33.6 Å². The van der Waals surface area contributed by atoms with Crippen molar-refractivity contribution in [2.24, 2.45) is 5.92 Å². The predicted octanol–water partition coefficient (Wildman–Crippen LogP) is 3.33. The summed E-state index contributed by atoms with van der Waals surface area (Å²) in [5, 5.41) is 11.8. The molecular weight excluding hydrogens is 280 g/mol. The van der Waals surface area contributed by atoms with Gasteiger partial charge in [0.2, 0.25) is 0 Å². The lowest BCUT2D eigenvalue weighted by atomic mass is 10.0. The summed E-state index contributed by atoms with van der Waals surface area (Å²) in [6, 6.07) is 2.00. The predicted molar refractivity (Wildman–Crippen MR) is 69.5 cm³/mol. The van der Waals surface area contributed by atoms with Gasteiger partial charge in [-0.1, -0.05) is 43.1 Å². The van der Waals surface area contributed by atoms with Crippen LogP contribution in [0.5, 0.6) is 0 Å². The Hall–Kier alpha value is -0.840. The molecule has 6 heteroatoms. The Morgan fingerprint density at radius 1 is 1.39 bits per heavy atom. The summed E-state index contributed by atoms with van der Waals surface area (Å²) in [6.45, 7) is 3.81. The summed E-state index contributed by atoms with van der Waals surface area (Å²) < 4.78 is 13.1. The Balaban J connectivity index is 2.80. The minimum atomic E-state index is -0.936. The zero-order valence-electron chi connectivity index (χ0n) is 10.0. The highest BCUT2D eigenvalue weighted by atomic mass is 35.5. The summed E-state index contributed by atoms with van der Waals surface area (Å²) in [4.78, 5) is 11.0. The standard InChI is InChI=1S/C12H14Cl2FNO2/c1-6(2)11(12(17)18)16-5-7-3-4-8(15)10(14)9(7)13/h3-4,6,11,16H,5H2,1-2H3,(H,17,18)/t11-/m0/s1. The van der Waals surface area contributed by atoms with E-state index in [9.17, 15) is 9.18 Å². The average Bonchev–Trinajstić information content (AvgIpc) is 2.28. The first-order valence-electron chi connectivity index (χ1n) is 5.43. The normalized spacial score (nSPS) is 12.8. The Labute approximate surface area is 115 Å². The van der Waals surface area contributed by atoms with Gasteiger partial charge in [0.25, 0.3) is 0 Å². The van der Waals surface area contributed by atoms with Gasteiger partial charge in [-0.25, -0.2) is 4.39 Å². The highest BCUT2D eigenvalue weighted by molar-refractivity contribution is 6.42. The summed E-state index contributed by atoms with van der Waals surface area (Å²) >= 11 is 11.6. The molecule has 0 aromatic heterocycles. The van der Waals surface area contributed by atoms with Crippen molar-refractivity contribution >= 4 is 29.2 Å². The number of nitrogens with one attached hydrogen (secondary N) is 1. The molecule has 0 heterocycles. The quantitative estimate of drug-likeness (QED) is 0.819. The summed E-state index contributed by atoms with van der Waals surface area (Å²) in [5.41, 5.74) is 0.565. The van der Waals surface area contributed by atoms with Gasteiger partial charge in [0.1, 0.15) is 11.9 Å². The van der Waals surface area contributed by atoms with Crippen LogP contribution in [0.3, 0.4) is 0 Å². The average molecular weight is 294 g/mol. The molecule has 100 valence electrons. The lowest BCUT2D eigenvalue weighted by molar-refractivity contribution is -0.140. The topological polar surface area (TPSA) is 49.3 Å². The second kappa shape index (κ2) is 6.36. The lowest BCUT2D eigenvalue weighted by Gasteiger charge is -2.18. The van der Waals surface area contributed by atoms with E-state index < -0.39 is 17.8 Å². The minimum absolute atomic E-state index is 0.0720. The van der Waals surface area contributed by atoms with E-state index in [0.29, 0.717) is 5.56 Å². The maximum atomic E-state index is 13.1. The van der Waals surface area contributed by atoms with Crippen LogP contribution >= 0.6 is 23.2 Å². The summed E-state index contributed by atoms with van der Waals surface area (Å²) in [5.74, 6) is -1.60. The van der Waals surface area contributed by atoms with Crippen LogP contribution in [0.15, 0.2) is 12.1 Å². The number of carboxylic acid groups (broad SMARTS) is 1. The maximum Gasteiger partial charge on any atom is 0.320 e. The SMILES string of the molecule is CC(C)[C@H](NCc1ccc(F)c(Cl)c1Cl)C(=O)O. The molecule has 0 fully saturated rings. The molecule has 18 heavy (non-hydrogen) atoms. The molecule has 2 N–H and O–H groups in total. The smallest absolute Gasteiger partial charge is 0.320 e. The van der Waals surface area contributed by atoms with E-state index in [0.717, 1.165) is 0 Å². The van der Waals surface area contributed by atoms with Crippen molar-refractivity contribution in [2.45, 2.75) is 26.4 Å². The van der Waals surface area contributed by atoms with Crippen molar-refractivity contribution in [1.82, 2.24) is 5.32 Å². The van der Waals surface area contributed by atoms with Gasteiger partial charge in [-0.3, -0.25) is 4.79 Å². The fourth-order valence-electron chi connectivity index (χ4n) is 1.53. The molecule has 0 aliphatic carbocycles. The highest BCUT2D eigenvalue weighted by Crippen LogP contribution is 2.28. The maximum absolute atomic E-state index is 13.1. The number of halogens is 3. The van der Waals surface area contributed by atoms with Gasteiger partial charge in [-0.2, -0.15) is 0 Å². The first kappa shape index (κ1) is 15.2. The van der Waals surface area contributed by atoms with Gasteiger partial charge >= 0.3 is 5.97 Å². The largest absolute Gasteiger partial charge is 0.480 e. The Morgan fingerprint density at radius 2 is 2.00 bits per heavy atom. The van der Waals surface area contributed by atoms with Crippen LogP contribution in [-0.4, -0.2) is 17.1 Å². The zero-order chi connectivity index (χ0) is 13.9. The lowest BCUT2D eigenvalue weighted by Crippen LogP contribution is -2.40. The van der Waals surface area contributed by atoms with Crippen LogP contribution < -0.4 is 5.32 Å². The van der Waals surface area contributed by atoms with Crippen LogP contribution in [0.2, 0.25) is 10.0 Å². The van der Waals surface area contributed by atoms with Gasteiger partial charge in [0, 0.05) is 6.54 Å². The van der Waals surface area contributed by atoms with E-state index in [-0.39, 0.29) is 22.5 Å². The summed E-state index contributed by atoms with van der Waals surface area (Å²) in [6.07, 6.45) is 0. The molecule has 0 saturated carbocycles. The molecule has 0 radical (unpaired) electrons. The van der Waals surface area contributed by atoms with Crippen molar-refractivity contribution < 1.29 is 14.3 Å². The zero-order valence-corrected chi connectivity index (χ0v) is 11.5. The van der Waals surface area contributed by atoms with Crippen molar-refractivity contribution in [1.29, 1.82) is 0 Å². The molecule has 1 aromatic rings. The number of hydrogen-bond donors (Lipinski definition) is 2. The Morgan fingerprint density at radius 3 is 2.50 bits per heavy atom. The van der Waals surface area contributed by atoms with Gasteiger partial charge < -0.3 is 10.4 Å². The van der Waals surface area contributed by atoms with Gasteiger partial charge in [-0.05, 0) is 17.5 Å². The van der Waals surface area contributed by atoms with E-state index >= 15 is 0 Å². The fraction of sp³-hybridized carbons (Fsp3) is 0.417. The third-order valence-electron chi connectivity index (χ3n) is 2.56. The van der Waals surface area contributed by atoms with E-state index in [1.54, 1.807) is 13.8 Å². The molecule has 0 spiro atoms. The van der Waals surface area contributed by atoms with Gasteiger partial charge in [-0.15, -0.1) is 0 Å².